The number of rotatable bonds is 8. The maximum atomic E-state index is 6.77. The van der Waals surface area contributed by atoms with Crippen LogP contribution in [0.3, 0.4) is 0 Å². The molecule has 4 aromatic heterocycles. The highest BCUT2D eigenvalue weighted by Crippen LogP contribution is 2.33. The normalized spacial score (nSPS) is 12.1. The van der Waals surface area contributed by atoms with Crippen LogP contribution in [0.5, 0.6) is 11.5 Å². The van der Waals surface area contributed by atoms with Gasteiger partial charge in [0, 0.05) is 38.1 Å². The Morgan fingerprint density at radius 2 is 0.714 bits per heavy atom. The number of fused-ring (bicyclic) bond motifs is 8. The van der Waals surface area contributed by atoms with Gasteiger partial charge in [0.2, 0.25) is 0 Å². The molecule has 8 aromatic rings. The Labute approximate surface area is 327 Å². The first kappa shape index (κ1) is 34.8. The first-order valence-corrected chi connectivity index (χ1v) is 19.1. The number of nitrogens with zero attached hydrogens (tertiary/aromatic N) is 4. The van der Waals surface area contributed by atoms with E-state index in [9.17, 15) is 0 Å². The van der Waals surface area contributed by atoms with E-state index in [1.165, 1.54) is 22.3 Å². The van der Waals surface area contributed by atoms with Crippen molar-refractivity contribution in [2.75, 3.05) is 0 Å². The lowest BCUT2D eigenvalue weighted by Crippen LogP contribution is -2.07. The summed E-state index contributed by atoms with van der Waals surface area (Å²) in [7, 11) is 0. The van der Waals surface area contributed by atoms with Crippen molar-refractivity contribution in [3.8, 4) is 34.3 Å². The average Bonchev–Trinajstić information content (AvgIpc) is 3.24. The Morgan fingerprint density at radius 1 is 0.357 bits per heavy atom. The highest BCUT2D eigenvalue weighted by molar-refractivity contribution is 5.55. The smallest absolute Gasteiger partial charge is 0.130 e. The van der Waals surface area contributed by atoms with Crippen molar-refractivity contribution in [3.05, 3.63) is 226 Å². The van der Waals surface area contributed by atoms with E-state index in [0.717, 1.165) is 93.6 Å². The lowest BCUT2D eigenvalue weighted by Gasteiger charge is -2.19. The van der Waals surface area contributed by atoms with E-state index in [-0.39, 0.29) is 0 Å². The van der Waals surface area contributed by atoms with Crippen LogP contribution < -0.4 is 9.47 Å². The third kappa shape index (κ3) is 8.10. The molecule has 9 rings (SSSR count). The van der Waals surface area contributed by atoms with Crippen molar-refractivity contribution >= 4 is 0 Å². The summed E-state index contributed by atoms with van der Waals surface area (Å²) in [6.45, 7) is 0.705. The highest BCUT2D eigenvalue weighted by Gasteiger charge is 2.17. The molecule has 0 spiro atoms. The van der Waals surface area contributed by atoms with Crippen LogP contribution in [0.15, 0.2) is 170 Å². The van der Waals surface area contributed by atoms with Crippen LogP contribution in [0.25, 0.3) is 22.8 Å². The topological polar surface area (TPSA) is 70.0 Å². The van der Waals surface area contributed by atoms with Gasteiger partial charge in [-0.05, 0) is 93.0 Å². The molecule has 4 heterocycles. The number of pyridine rings is 4. The van der Waals surface area contributed by atoms with Gasteiger partial charge >= 0.3 is 0 Å². The van der Waals surface area contributed by atoms with Crippen LogP contribution in [0, 0.1) is 0 Å². The van der Waals surface area contributed by atoms with Crippen molar-refractivity contribution in [1.29, 1.82) is 0 Å². The first-order chi connectivity index (χ1) is 27.7. The minimum absolute atomic E-state index is 0.352. The zero-order valence-corrected chi connectivity index (χ0v) is 31.0. The maximum absolute atomic E-state index is 6.77. The summed E-state index contributed by atoms with van der Waals surface area (Å²) in [6.07, 6.45) is 6.53. The lowest BCUT2D eigenvalue weighted by atomic mass is 9.92. The van der Waals surface area contributed by atoms with Gasteiger partial charge in [0.05, 0.1) is 34.2 Å². The fourth-order valence-corrected chi connectivity index (χ4v) is 7.51. The van der Waals surface area contributed by atoms with E-state index in [1.54, 1.807) is 12.4 Å². The zero-order chi connectivity index (χ0) is 37.5. The monoisotopic (exact) mass is 728 g/mol. The molecule has 0 saturated heterocycles. The van der Waals surface area contributed by atoms with Crippen LogP contribution in [0.4, 0.5) is 0 Å². The quantitative estimate of drug-likeness (QED) is 0.155. The Hall–Kier alpha value is -6.92. The van der Waals surface area contributed by atoms with Crippen LogP contribution in [-0.4, -0.2) is 19.9 Å². The predicted molar refractivity (Wildman–Crippen MR) is 221 cm³/mol. The van der Waals surface area contributed by atoms with Gasteiger partial charge < -0.3 is 9.47 Å². The Kier molecular flexibility index (Phi) is 10.1. The Morgan fingerprint density at radius 3 is 1.09 bits per heavy atom. The molecule has 272 valence electrons. The molecule has 0 amide bonds. The molecule has 0 unspecified atom stereocenters. The molecule has 0 fully saturated rings. The van der Waals surface area contributed by atoms with E-state index in [1.807, 2.05) is 72.8 Å². The summed E-state index contributed by atoms with van der Waals surface area (Å²) in [6, 6.07) is 54.7. The van der Waals surface area contributed by atoms with Gasteiger partial charge in [-0.15, -0.1) is 0 Å². The second-order valence-electron chi connectivity index (χ2n) is 14.2. The van der Waals surface area contributed by atoms with Gasteiger partial charge in [-0.3, -0.25) is 9.97 Å². The fraction of sp³-hybridized carbons (Fsp3) is 0.120. The molecule has 1 aliphatic carbocycles. The van der Waals surface area contributed by atoms with Gasteiger partial charge in [0.15, 0.2) is 0 Å². The maximum Gasteiger partial charge on any atom is 0.130 e. The molecule has 8 bridgehead atoms. The second kappa shape index (κ2) is 16.2. The molecule has 0 atom stereocenters. The standard InChI is InChI=1S/C50H40N4O2/c1-3-25-51-45(21-1)47-23-9-19-43(53-47)33-55-49-39-15-7-16-40(49)30-36-12-6-14-38(28-36)32-42-18-8-17-41(31-37-13-5-11-35(27-37)29-39)50(42)56-34-44-20-10-24-48(54-44)46-22-2-4-26-52-46/h1-28H,29-34H2. The molecule has 6 nitrogen and oxygen atoms in total. The summed E-state index contributed by atoms with van der Waals surface area (Å²) >= 11 is 0. The number of aromatic nitrogens is 4. The van der Waals surface area contributed by atoms with Crippen LogP contribution in [0.2, 0.25) is 0 Å². The molecule has 0 N–H and O–H groups in total. The molecular formula is C50H40N4O2. The lowest BCUT2D eigenvalue weighted by molar-refractivity contribution is 0.296. The van der Waals surface area contributed by atoms with Gasteiger partial charge in [0.1, 0.15) is 24.7 Å². The van der Waals surface area contributed by atoms with Crippen molar-refractivity contribution in [3.63, 3.8) is 0 Å². The van der Waals surface area contributed by atoms with E-state index in [2.05, 4.69) is 94.9 Å². The van der Waals surface area contributed by atoms with E-state index in [0.29, 0.717) is 13.2 Å². The zero-order valence-electron chi connectivity index (χ0n) is 31.0. The second-order valence-corrected chi connectivity index (χ2v) is 14.2. The summed E-state index contributed by atoms with van der Waals surface area (Å²) in [5.41, 5.74) is 14.6. The van der Waals surface area contributed by atoms with E-state index in [4.69, 9.17) is 19.4 Å². The molecular weight excluding hydrogens is 689 g/mol. The molecule has 6 heteroatoms. The number of ether oxygens (including phenoxy) is 2. The SMILES string of the molecule is c1ccc(-c2cccc(COc3c4cccc3Cc3cccc(c3)Cc3cccc(c3OCc3cccc(-c5ccccn5)n3)Cc3cccc(c3)C4)n2)nc1. The predicted octanol–water partition coefficient (Wildman–Crippen LogP) is 10.4. The molecule has 0 radical (unpaired) electrons. The Bertz CT molecular complexity index is 2350. The number of para-hydroxylation sites is 2. The number of benzene rings is 4. The van der Waals surface area contributed by atoms with Gasteiger partial charge in [-0.2, -0.15) is 0 Å². The van der Waals surface area contributed by atoms with Crippen LogP contribution in [0.1, 0.15) is 55.9 Å². The van der Waals surface area contributed by atoms with Gasteiger partial charge in [-0.1, -0.05) is 109 Å². The van der Waals surface area contributed by atoms with Gasteiger partial charge in [0.25, 0.3) is 0 Å². The van der Waals surface area contributed by atoms with Crippen molar-refractivity contribution < 1.29 is 9.47 Å². The van der Waals surface area contributed by atoms with Crippen molar-refractivity contribution in [2.24, 2.45) is 0 Å². The molecule has 0 aliphatic heterocycles. The summed E-state index contributed by atoms with van der Waals surface area (Å²) < 4.78 is 13.5. The highest BCUT2D eigenvalue weighted by atomic mass is 16.5. The van der Waals surface area contributed by atoms with E-state index < -0.39 is 0 Å². The molecule has 1 aliphatic rings. The largest absolute Gasteiger partial charge is 0.487 e. The summed E-state index contributed by atoms with van der Waals surface area (Å²) in [5.74, 6) is 1.84. The van der Waals surface area contributed by atoms with Crippen molar-refractivity contribution in [1.82, 2.24) is 19.9 Å². The van der Waals surface area contributed by atoms with Crippen LogP contribution in [-0.2, 0) is 38.9 Å². The van der Waals surface area contributed by atoms with Crippen molar-refractivity contribution in [2.45, 2.75) is 38.9 Å². The fourth-order valence-electron chi connectivity index (χ4n) is 7.51. The minimum atomic E-state index is 0.352. The number of hydrogen-bond acceptors (Lipinski definition) is 6. The van der Waals surface area contributed by atoms with Gasteiger partial charge in [-0.25, -0.2) is 9.97 Å². The summed E-state index contributed by atoms with van der Waals surface area (Å²) in [4.78, 5) is 18.8. The summed E-state index contributed by atoms with van der Waals surface area (Å²) in [5, 5.41) is 0. The minimum Gasteiger partial charge on any atom is -0.487 e. The molecule has 0 saturated carbocycles. The third-order valence-electron chi connectivity index (χ3n) is 10.1. The van der Waals surface area contributed by atoms with Crippen LogP contribution >= 0.6 is 0 Å². The molecule has 56 heavy (non-hydrogen) atoms. The average molecular weight is 729 g/mol. The Balaban J connectivity index is 1.04. The molecule has 4 aromatic carbocycles. The third-order valence-corrected chi connectivity index (χ3v) is 10.1. The van der Waals surface area contributed by atoms with E-state index >= 15 is 0 Å². The first-order valence-electron chi connectivity index (χ1n) is 19.1. The number of hydrogen-bond donors (Lipinski definition) is 0.